The third kappa shape index (κ3) is 2.73. The fourth-order valence-corrected chi connectivity index (χ4v) is 3.13. The average molecular weight is 285 g/mol. The molecule has 2 heterocycles. The monoisotopic (exact) mass is 285 g/mol. The van der Waals surface area contributed by atoms with E-state index in [0.717, 1.165) is 18.7 Å². The molecule has 0 fully saturated rings. The van der Waals surface area contributed by atoms with Crippen molar-refractivity contribution >= 4 is 22.2 Å². The van der Waals surface area contributed by atoms with Crippen LogP contribution in [0.5, 0.6) is 5.75 Å². The van der Waals surface area contributed by atoms with Crippen LogP contribution in [0.25, 0.3) is 10.9 Å². The van der Waals surface area contributed by atoms with Gasteiger partial charge in [0.1, 0.15) is 5.75 Å². The Morgan fingerprint density at radius 1 is 1.15 bits per heavy atom. The Morgan fingerprint density at radius 3 is 2.80 bits per heavy atom. The van der Waals surface area contributed by atoms with Gasteiger partial charge in [-0.05, 0) is 49.9 Å². The van der Waals surface area contributed by atoms with E-state index in [4.69, 9.17) is 4.74 Å². The number of aromatic nitrogens is 1. The summed E-state index contributed by atoms with van der Waals surface area (Å²) in [5.41, 5.74) is 1.25. The van der Waals surface area contributed by atoms with Gasteiger partial charge in [-0.3, -0.25) is 0 Å². The van der Waals surface area contributed by atoms with Crippen molar-refractivity contribution in [2.75, 3.05) is 0 Å². The minimum atomic E-state index is 0.204. The largest absolute Gasteiger partial charge is 0.490 e. The summed E-state index contributed by atoms with van der Waals surface area (Å²) in [4.78, 5) is 1.43. The van der Waals surface area contributed by atoms with Crippen molar-refractivity contribution < 1.29 is 4.74 Å². The fourth-order valence-electron chi connectivity index (χ4n) is 2.43. The van der Waals surface area contributed by atoms with Gasteiger partial charge in [-0.1, -0.05) is 12.1 Å². The quantitative estimate of drug-likeness (QED) is 0.661. The first kappa shape index (κ1) is 13.3. The molecular formula is C17H19NOS. The van der Waals surface area contributed by atoms with Gasteiger partial charge in [-0.15, -0.1) is 11.3 Å². The molecule has 2 aromatic heterocycles. The number of benzene rings is 1. The fraction of sp³-hybridized carbons (Fsp3) is 0.294. The van der Waals surface area contributed by atoms with E-state index in [0.29, 0.717) is 0 Å². The van der Waals surface area contributed by atoms with Crippen molar-refractivity contribution in [1.82, 2.24) is 4.57 Å². The van der Waals surface area contributed by atoms with E-state index in [1.54, 1.807) is 0 Å². The molecule has 104 valence electrons. The zero-order valence-corrected chi connectivity index (χ0v) is 12.7. The van der Waals surface area contributed by atoms with E-state index in [2.05, 4.69) is 60.3 Å². The number of rotatable bonds is 5. The van der Waals surface area contributed by atoms with E-state index in [9.17, 15) is 0 Å². The standard InChI is InChI=1S/C17H19NOS/c1-13(2)19-17-7-3-6-16-15(17)9-11-18(16)10-8-14-5-4-12-20-14/h3-7,9,11-13H,8,10H2,1-2H3. The molecule has 0 atom stereocenters. The summed E-state index contributed by atoms with van der Waals surface area (Å²) < 4.78 is 8.19. The van der Waals surface area contributed by atoms with Crippen molar-refractivity contribution in [2.45, 2.75) is 32.9 Å². The molecule has 0 aliphatic rings. The van der Waals surface area contributed by atoms with Crippen molar-refractivity contribution in [1.29, 1.82) is 0 Å². The van der Waals surface area contributed by atoms with Gasteiger partial charge in [0, 0.05) is 23.0 Å². The van der Waals surface area contributed by atoms with Crippen LogP contribution in [-0.4, -0.2) is 10.7 Å². The number of hydrogen-bond donors (Lipinski definition) is 0. The molecule has 0 N–H and O–H groups in total. The van der Waals surface area contributed by atoms with Crippen LogP contribution in [0.15, 0.2) is 48.0 Å². The SMILES string of the molecule is CC(C)Oc1cccc2c1ccn2CCc1cccs1. The number of nitrogens with zero attached hydrogens (tertiary/aromatic N) is 1. The van der Waals surface area contributed by atoms with Crippen LogP contribution in [0.1, 0.15) is 18.7 Å². The van der Waals surface area contributed by atoms with Crippen molar-refractivity contribution in [2.24, 2.45) is 0 Å². The van der Waals surface area contributed by atoms with Crippen LogP contribution in [0.2, 0.25) is 0 Å². The topological polar surface area (TPSA) is 14.2 Å². The molecule has 0 radical (unpaired) electrons. The van der Waals surface area contributed by atoms with Crippen LogP contribution in [0.4, 0.5) is 0 Å². The molecule has 0 spiro atoms. The van der Waals surface area contributed by atoms with Crippen LogP contribution < -0.4 is 4.74 Å². The zero-order chi connectivity index (χ0) is 13.9. The first-order valence-electron chi connectivity index (χ1n) is 7.01. The molecule has 0 saturated carbocycles. The predicted octanol–water partition coefficient (Wildman–Crippen LogP) is 4.73. The highest BCUT2D eigenvalue weighted by molar-refractivity contribution is 7.09. The lowest BCUT2D eigenvalue weighted by Gasteiger charge is -2.11. The second-order valence-corrected chi connectivity index (χ2v) is 6.23. The van der Waals surface area contributed by atoms with Crippen molar-refractivity contribution in [3.05, 3.63) is 52.9 Å². The Morgan fingerprint density at radius 2 is 2.05 bits per heavy atom. The third-order valence-corrected chi connectivity index (χ3v) is 4.25. The number of aryl methyl sites for hydroxylation is 2. The molecule has 0 unspecified atom stereocenters. The van der Waals surface area contributed by atoms with Crippen LogP contribution in [-0.2, 0) is 13.0 Å². The van der Waals surface area contributed by atoms with Crippen LogP contribution >= 0.6 is 11.3 Å². The van der Waals surface area contributed by atoms with E-state index < -0.39 is 0 Å². The highest BCUT2D eigenvalue weighted by Gasteiger charge is 2.08. The van der Waals surface area contributed by atoms with Crippen LogP contribution in [0.3, 0.4) is 0 Å². The van der Waals surface area contributed by atoms with E-state index in [1.807, 2.05) is 17.4 Å². The summed E-state index contributed by atoms with van der Waals surface area (Å²) in [5.74, 6) is 0.979. The maximum absolute atomic E-state index is 5.88. The van der Waals surface area contributed by atoms with Gasteiger partial charge in [-0.25, -0.2) is 0 Å². The van der Waals surface area contributed by atoms with Crippen molar-refractivity contribution in [3.63, 3.8) is 0 Å². The minimum absolute atomic E-state index is 0.204. The number of fused-ring (bicyclic) bond motifs is 1. The first-order valence-corrected chi connectivity index (χ1v) is 7.89. The lowest BCUT2D eigenvalue weighted by Crippen LogP contribution is -2.05. The molecule has 20 heavy (non-hydrogen) atoms. The number of hydrogen-bond acceptors (Lipinski definition) is 2. The zero-order valence-electron chi connectivity index (χ0n) is 11.9. The molecule has 0 amide bonds. The minimum Gasteiger partial charge on any atom is -0.490 e. The van der Waals surface area contributed by atoms with E-state index >= 15 is 0 Å². The molecule has 3 rings (SSSR count). The summed E-state index contributed by atoms with van der Waals surface area (Å²) in [6.07, 6.45) is 3.44. The summed E-state index contributed by atoms with van der Waals surface area (Å²) in [6.45, 7) is 5.13. The summed E-state index contributed by atoms with van der Waals surface area (Å²) in [5, 5.41) is 3.34. The molecule has 2 nitrogen and oxygen atoms in total. The lowest BCUT2D eigenvalue weighted by atomic mass is 10.2. The Balaban J connectivity index is 1.85. The van der Waals surface area contributed by atoms with Gasteiger partial charge in [0.2, 0.25) is 0 Å². The second-order valence-electron chi connectivity index (χ2n) is 5.19. The third-order valence-electron chi connectivity index (χ3n) is 3.32. The molecule has 0 aliphatic carbocycles. The lowest BCUT2D eigenvalue weighted by molar-refractivity contribution is 0.245. The smallest absolute Gasteiger partial charge is 0.129 e. The molecule has 0 bridgehead atoms. The Bertz CT molecular complexity index is 682. The van der Waals surface area contributed by atoms with Gasteiger partial charge >= 0.3 is 0 Å². The molecular weight excluding hydrogens is 266 g/mol. The molecule has 0 aliphatic heterocycles. The normalized spacial score (nSPS) is 11.3. The van der Waals surface area contributed by atoms with Gasteiger partial charge in [-0.2, -0.15) is 0 Å². The number of thiophene rings is 1. The second kappa shape index (κ2) is 5.71. The van der Waals surface area contributed by atoms with Gasteiger partial charge < -0.3 is 9.30 Å². The van der Waals surface area contributed by atoms with E-state index in [1.165, 1.54) is 15.8 Å². The van der Waals surface area contributed by atoms with Crippen molar-refractivity contribution in [3.8, 4) is 5.75 Å². The highest BCUT2D eigenvalue weighted by Crippen LogP contribution is 2.27. The molecule has 0 saturated heterocycles. The first-order chi connectivity index (χ1) is 9.74. The Hall–Kier alpha value is -1.74. The van der Waals surface area contributed by atoms with Gasteiger partial charge in [0.05, 0.1) is 11.6 Å². The Labute approximate surface area is 123 Å². The van der Waals surface area contributed by atoms with Gasteiger partial charge in [0.15, 0.2) is 0 Å². The highest BCUT2D eigenvalue weighted by atomic mass is 32.1. The number of ether oxygens (including phenoxy) is 1. The summed E-state index contributed by atoms with van der Waals surface area (Å²) >= 11 is 1.82. The average Bonchev–Trinajstić information content (AvgIpc) is 3.05. The molecule has 1 aromatic carbocycles. The van der Waals surface area contributed by atoms with E-state index in [-0.39, 0.29) is 6.10 Å². The Kier molecular flexibility index (Phi) is 3.79. The maximum Gasteiger partial charge on any atom is 0.129 e. The molecule has 3 aromatic rings. The van der Waals surface area contributed by atoms with Gasteiger partial charge in [0.25, 0.3) is 0 Å². The van der Waals surface area contributed by atoms with Crippen LogP contribution in [0, 0.1) is 0 Å². The maximum atomic E-state index is 5.88. The summed E-state index contributed by atoms with van der Waals surface area (Å²) in [7, 11) is 0. The predicted molar refractivity (Wildman–Crippen MR) is 85.7 cm³/mol. The summed E-state index contributed by atoms with van der Waals surface area (Å²) in [6, 6.07) is 12.7. The molecule has 3 heteroatoms.